The fourth-order valence-corrected chi connectivity index (χ4v) is 2.67. The number of carbonyl (C=O) groups is 1. The van der Waals surface area contributed by atoms with E-state index in [4.69, 9.17) is 0 Å². The highest BCUT2D eigenvalue weighted by atomic mass is 16.3. The minimum Gasteiger partial charge on any atom is -0.508 e. The van der Waals surface area contributed by atoms with Crippen LogP contribution in [0.4, 0.5) is 0 Å². The van der Waals surface area contributed by atoms with Gasteiger partial charge in [0.2, 0.25) is 5.91 Å². The molecule has 0 aliphatic carbocycles. The molecule has 1 aromatic carbocycles. The van der Waals surface area contributed by atoms with Gasteiger partial charge in [-0.1, -0.05) is 19.1 Å². The van der Waals surface area contributed by atoms with Crippen molar-refractivity contribution in [3.05, 3.63) is 29.8 Å². The van der Waals surface area contributed by atoms with Crippen LogP contribution < -0.4 is 5.32 Å². The lowest BCUT2D eigenvalue weighted by Crippen LogP contribution is -2.41. The molecule has 2 N–H and O–H groups in total. The average Bonchev–Trinajstić information content (AvgIpc) is 2.50. The van der Waals surface area contributed by atoms with Crippen LogP contribution in [-0.4, -0.2) is 35.5 Å². The maximum Gasteiger partial charge on any atom is 0.236 e. The number of phenols is 1. The van der Waals surface area contributed by atoms with Gasteiger partial charge in [0.05, 0.1) is 6.54 Å². The van der Waals surface area contributed by atoms with Crippen molar-refractivity contribution in [2.75, 3.05) is 19.6 Å². The van der Waals surface area contributed by atoms with Crippen molar-refractivity contribution in [1.82, 2.24) is 10.2 Å². The molecule has 4 heteroatoms. The zero-order chi connectivity index (χ0) is 14.4. The quantitative estimate of drug-likeness (QED) is 0.868. The summed E-state index contributed by atoms with van der Waals surface area (Å²) in [6.07, 6.45) is 4.40. The summed E-state index contributed by atoms with van der Waals surface area (Å²) >= 11 is 0. The standard InChI is InChI=1S/C16H24N2O2/c1-2-15(13-6-8-14(19)9-7-13)17-12-16(20)18-10-4-3-5-11-18/h6-9,15,17,19H,2-5,10-12H2,1H3. The summed E-state index contributed by atoms with van der Waals surface area (Å²) in [6, 6.07) is 7.34. The summed E-state index contributed by atoms with van der Waals surface area (Å²) in [7, 11) is 0. The molecule has 1 aliphatic heterocycles. The summed E-state index contributed by atoms with van der Waals surface area (Å²) in [6.45, 7) is 4.28. The molecule has 1 unspecified atom stereocenters. The van der Waals surface area contributed by atoms with E-state index in [1.807, 2.05) is 17.0 Å². The third-order valence-electron chi connectivity index (χ3n) is 3.91. The number of benzene rings is 1. The topological polar surface area (TPSA) is 52.6 Å². The van der Waals surface area contributed by atoms with E-state index in [1.165, 1.54) is 6.42 Å². The Bertz CT molecular complexity index is 425. The molecule has 1 aliphatic rings. The van der Waals surface area contributed by atoms with Gasteiger partial charge in [-0.3, -0.25) is 4.79 Å². The smallest absolute Gasteiger partial charge is 0.236 e. The molecular formula is C16H24N2O2. The second-order valence-electron chi connectivity index (χ2n) is 5.37. The average molecular weight is 276 g/mol. The number of aromatic hydroxyl groups is 1. The SMILES string of the molecule is CCC(NCC(=O)N1CCCCC1)c1ccc(O)cc1. The lowest BCUT2D eigenvalue weighted by molar-refractivity contribution is -0.131. The molecule has 2 rings (SSSR count). The van der Waals surface area contributed by atoms with Gasteiger partial charge in [-0.15, -0.1) is 0 Å². The first-order valence-electron chi connectivity index (χ1n) is 7.50. The van der Waals surface area contributed by atoms with E-state index in [1.54, 1.807) is 12.1 Å². The number of amides is 1. The van der Waals surface area contributed by atoms with Crippen molar-refractivity contribution < 1.29 is 9.90 Å². The Morgan fingerprint density at radius 2 is 1.90 bits per heavy atom. The van der Waals surface area contributed by atoms with E-state index in [0.29, 0.717) is 6.54 Å². The van der Waals surface area contributed by atoms with Crippen molar-refractivity contribution in [3.63, 3.8) is 0 Å². The van der Waals surface area contributed by atoms with Gasteiger partial charge in [0.15, 0.2) is 0 Å². The summed E-state index contributed by atoms with van der Waals surface area (Å²) < 4.78 is 0. The van der Waals surface area contributed by atoms with Crippen LogP contribution in [0.3, 0.4) is 0 Å². The number of likely N-dealkylation sites (tertiary alicyclic amines) is 1. The number of rotatable bonds is 5. The van der Waals surface area contributed by atoms with E-state index in [0.717, 1.165) is 37.9 Å². The molecule has 1 amide bonds. The van der Waals surface area contributed by atoms with E-state index < -0.39 is 0 Å². The number of hydrogen-bond acceptors (Lipinski definition) is 3. The first kappa shape index (κ1) is 14.9. The van der Waals surface area contributed by atoms with Crippen LogP contribution in [-0.2, 0) is 4.79 Å². The molecular weight excluding hydrogens is 252 g/mol. The van der Waals surface area contributed by atoms with Gasteiger partial charge < -0.3 is 15.3 Å². The van der Waals surface area contributed by atoms with Crippen LogP contribution in [0.25, 0.3) is 0 Å². The summed E-state index contributed by atoms with van der Waals surface area (Å²) in [5, 5.41) is 12.6. The second kappa shape index (κ2) is 7.29. The number of carbonyl (C=O) groups excluding carboxylic acids is 1. The Labute approximate surface area is 120 Å². The highest BCUT2D eigenvalue weighted by Crippen LogP contribution is 2.19. The Morgan fingerprint density at radius 1 is 1.25 bits per heavy atom. The van der Waals surface area contributed by atoms with Crippen LogP contribution in [0.2, 0.25) is 0 Å². The maximum atomic E-state index is 12.1. The monoisotopic (exact) mass is 276 g/mol. The Hall–Kier alpha value is -1.55. The fraction of sp³-hybridized carbons (Fsp3) is 0.562. The maximum absolute atomic E-state index is 12.1. The molecule has 4 nitrogen and oxygen atoms in total. The van der Waals surface area contributed by atoms with Crippen LogP contribution in [0.1, 0.15) is 44.2 Å². The van der Waals surface area contributed by atoms with Gasteiger partial charge in [-0.25, -0.2) is 0 Å². The predicted octanol–water partition coefficient (Wildman–Crippen LogP) is 2.45. The first-order valence-corrected chi connectivity index (χ1v) is 7.50. The number of piperidine rings is 1. The van der Waals surface area contributed by atoms with Gasteiger partial charge in [-0.05, 0) is 43.4 Å². The minimum absolute atomic E-state index is 0.157. The Kier molecular flexibility index (Phi) is 5.41. The second-order valence-corrected chi connectivity index (χ2v) is 5.37. The molecule has 20 heavy (non-hydrogen) atoms. The van der Waals surface area contributed by atoms with Crippen LogP contribution >= 0.6 is 0 Å². The zero-order valence-electron chi connectivity index (χ0n) is 12.1. The first-order chi connectivity index (χ1) is 9.70. The molecule has 1 atom stereocenters. The van der Waals surface area contributed by atoms with Crippen LogP contribution in [0.5, 0.6) is 5.75 Å². The number of nitrogens with zero attached hydrogens (tertiary/aromatic N) is 1. The predicted molar refractivity (Wildman–Crippen MR) is 79.6 cm³/mol. The molecule has 1 heterocycles. The lowest BCUT2D eigenvalue weighted by Gasteiger charge is -2.28. The third kappa shape index (κ3) is 3.97. The Balaban J connectivity index is 1.86. The molecule has 0 spiro atoms. The van der Waals surface area contributed by atoms with Crippen molar-refractivity contribution in [2.45, 2.75) is 38.6 Å². The number of hydrogen-bond donors (Lipinski definition) is 2. The summed E-state index contributed by atoms with van der Waals surface area (Å²) in [4.78, 5) is 14.1. The normalized spacial score (nSPS) is 16.9. The zero-order valence-corrected chi connectivity index (χ0v) is 12.1. The van der Waals surface area contributed by atoms with E-state index in [2.05, 4.69) is 12.2 Å². The van der Waals surface area contributed by atoms with Crippen molar-refractivity contribution in [1.29, 1.82) is 0 Å². The minimum atomic E-state index is 0.157. The lowest BCUT2D eigenvalue weighted by atomic mass is 10.0. The summed E-state index contributed by atoms with van der Waals surface area (Å²) in [5.74, 6) is 0.468. The summed E-state index contributed by atoms with van der Waals surface area (Å²) in [5.41, 5.74) is 1.11. The van der Waals surface area contributed by atoms with Gasteiger partial charge in [0.25, 0.3) is 0 Å². The van der Waals surface area contributed by atoms with E-state index in [9.17, 15) is 9.90 Å². The molecule has 1 fully saturated rings. The van der Waals surface area contributed by atoms with Gasteiger partial charge >= 0.3 is 0 Å². The van der Waals surface area contributed by atoms with Crippen molar-refractivity contribution in [3.8, 4) is 5.75 Å². The highest BCUT2D eigenvalue weighted by Gasteiger charge is 2.17. The molecule has 110 valence electrons. The third-order valence-corrected chi connectivity index (χ3v) is 3.91. The van der Waals surface area contributed by atoms with Crippen LogP contribution in [0.15, 0.2) is 24.3 Å². The van der Waals surface area contributed by atoms with Crippen LogP contribution in [0, 0.1) is 0 Å². The molecule has 0 aromatic heterocycles. The fourth-order valence-electron chi connectivity index (χ4n) is 2.67. The van der Waals surface area contributed by atoms with Crippen molar-refractivity contribution in [2.24, 2.45) is 0 Å². The number of phenolic OH excluding ortho intramolecular Hbond substituents is 1. The van der Waals surface area contributed by atoms with Gasteiger partial charge in [0, 0.05) is 19.1 Å². The molecule has 0 radical (unpaired) electrons. The largest absolute Gasteiger partial charge is 0.508 e. The highest BCUT2D eigenvalue weighted by molar-refractivity contribution is 5.78. The van der Waals surface area contributed by atoms with Crippen molar-refractivity contribution >= 4 is 5.91 Å². The molecule has 0 saturated carbocycles. The molecule has 1 aromatic rings. The molecule has 1 saturated heterocycles. The van der Waals surface area contributed by atoms with Gasteiger partial charge in [0.1, 0.15) is 5.75 Å². The van der Waals surface area contributed by atoms with Gasteiger partial charge in [-0.2, -0.15) is 0 Å². The Morgan fingerprint density at radius 3 is 2.50 bits per heavy atom. The number of nitrogens with one attached hydrogen (secondary N) is 1. The van der Waals surface area contributed by atoms with E-state index in [-0.39, 0.29) is 17.7 Å². The molecule has 0 bridgehead atoms. The van der Waals surface area contributed by atoms with E-state index >= 15 is 0 Å².